The van der Waals surface area contributed by atoms with Crippen LogP contribution in [0, 0.1) is 5.82 Å². The summed E-state index contributed by atoms with van der Waals surface area (Å²) in [7, 11) is 0. The Morgan fingerprint density at radius 3 is 2.79 bits per heavy atom. The van der Waals surface area contributed by atoms with Crippen molar-refractivity contribution >= 4 is 5.69 Å². The molecule has 106 valence electrons. The number of aliphatic hydroxyl groups excluding tert-OH is 1. The number of halogens is 1. The first-order chi connectivity index (χ1) is 9.13. The third-order valence-corrected chi connectivity index (χ3v) is 4.11. The fraction of sp³-hybridized carbons (Fsp3) is 0.625. The maximum atomic E-state index is 14.3. The first kappa shape index (κ1) is 14.3. The lowest BCUT2D eigenvalue weighted by molar-refractivity contribution is 0.199. The lowest BCUT2D eigenvalue weighted by Crippen LogP contribution is -2.35. The fourth-order valence-corrected chi connectivity index (χ4v) is 2.93. The zero-order valence-electron chi connectivity index (χ0n) is 11.9. The maximum absolute atomic E-state index is 14.3. The van der Waals surface area contributed by atoms with E-state index in [9.17, 15) is 9.50 Å². The molecule has 0 aliphatic carbocycles. The summed E-state index contributed by atoms with van der Waals surface area (Å²) in [4.78, 5) is 2.22. The maximum Gasteiger partial charge on any atom is 0.146 e. The smallest absolute Gasteiger partial charge is 0.146 e. The zero-order valence-corrected chi connectivity index (χ0v) is 11.9. The molecule has 1 aromatic carbocycles. The van der Waals surface area contributed by atoms with Crippen LogP contribution in [0.3, 0.4) is 0 Å². The van der Waals surface area contributed by atoms with Crippen molar-refractivity contribution in [2.45, 2.75) is 58.1 Å². The average molecular weight is 265 g/mol. The van der Waals surface area contributed by atoms with E-state index in [-0.39, 0.29) is 5.82 Å². The van der Waals surface area contributed by atoms with E-state index < -0.39 is 6.10 Å². The Morgan fingerprint density at radius 2 is 2.16 bits per heavy atom. The van der Waals surface area contributed by atoms with Gasteiger partial charge in [0.2, 0.25) is 0 Å². The van der Waals surface area contributed by atoms with Gasteiger partial charge in [0.05, 0.1) is 11.8 Å². The van der Waals surface area contributed by atoms with Crippen LogP contribution in [0.2, 0.25) is 0 Å². The van der Waals surface area contributed by atoms with Gasteiger partial charge in [-0.2, -0.15) is 0 Å². The molecule has 3 heteroatoms. The quantitative estimate of drug-likeness (QED) is 0.891. The van der Waals surface area contributed by atoms with E-state index in [2.05, 4.69) is 11.8 Å². The Bertz CT molecular complexity index is 419. The molecule has 0 radical (unpaired) electrons. The van der Waals surface area contributed by atoms with Crippen LogP contribution in [-0.4, -0.2) is 17.7 Å². The lowest BCUT2D eigenvalue weighted by atomic mass is 10.1. The molecular formula is C16H24FNO. The second kappa shape index (κ2) is 6.38. The van der Waals surface area contributed by atoms with Crippen LogP contribution in [0.25, 0.3) is 0 Å². The van der Waals surface area contributed by atoms with Gasteiger partial charge in [-0.15, -0.1) is 0 Å². The molecule has 1 unspecified atom stereocenters. The van der Waals surface area contributed by atoms with Crippen LogP contribution in [0.5, 0.6) is 0 Å². The van der Waals surface area contributed by atoms with Gasteiger partial charge in [0.1, 0.15) is 5.82 Å². The van der Waals surface area contributed by atoms with Crippen LogP contribution in [0.15, 0.2) is 18.2 Å². The van der Waals surface area contributed by atoms with E-state index in [1.807, 2.05) is 12.1 Å². The number of hydrogen-bond acceptors (Lipinski definition) is 2. The lowest BCUT2D eigenvalue weighted by Gasteiger charge is -2.32. The fourth-order valence-electron chi connectivity index (χ4n) is 2.93. The number of nitrogens with zero attached hydrogens (tertiary/aromatic N) is 1. The summed E-state index contributed by atoms with van der Waals surface area (Å²) in [6.45, 7) is 4.77. The van der Waals surface area contributed by atoms with Gasteiger partial charge in [0.15, 0.2) is 0 Å². The van der Waals surface area contributed by atoms with Gasteiger partial charge in [0.25, 0.3) is 0 Å². The van der Waals surface area contributed by atoms with E-state index in [1.165, 1.54) is 18.9 Å². The molecule has 1 fully saturated rings. The van der Waals surface area contributed by atoms with Crippen LogP contribution >= 0.6 is 0 Å². The van der Waals surface area contributed by atoms with Crippen molar-refractivity contribution < 1.29 is 9.50 Å². The summed E-state index contributed by atoms with van der Waals surface area (Å²) in [6.07, 6.45) is 5.19. The summed E-state index contributed by atoms with van der Waals surface area (Å²) in [5.41, 5.74) is 1.34. The van der Waals surface area contributed by atoms with Gasteiger partial charge in [-0.05, 0) is 43.9 Å². The van der Waals surface area contributed by atoms with Crippen molar-refractivity contribution in [2.24, 2.45) is 0 Å². The first-order valence-electron chi connectivity index (χ1n) is 7.37. The van der Waals surface area contributed by atoms with Crippen LogP contribution in [-0.2, 0) is 0 Å². The van der Waals surface area contributed by atoms with Gasteiger partial charge < -0.3 is 10.0 Å². The number of hydrogen-bond donors (Lipinski definition) is 1. The highest BCUT2D eigenvalue weighted by atomic mass is 19.1. The van der Waals surface area contributed by atoms with E-state index in [1.54, 1.807) is 6.92 Å². The van der Waals surface area contributed by atoms with E-state index in [0.717, 1.165) is 25.8 Å². The largest absolute Gasteiger partial charge is 0.389 e. The Labute approximate surface area is 115 Å². The number of benzene rings is 1. The molecule has 0 aromatic heterocycles. The molecule has 0 amide bonds. The predicted octanol–water partition coefficient (Wildman–Crippen LogP) is 4.04. The number of aliphatic hydroxyl groups is 1. The molecule has 1 aromatic rings. The van der Waals surface area contributed by atoms with Crippen molar-refractivity contribution in [1.82, 2.24) is 0 Å². The summed E-state index contributed by atoms with van der Waals surface area (Å²) in [5, 5.41) is 9.51. The minimum Gasteiger partial charge on any atom is -0.389 e. The molecule has 1 heterocycles. The normalized spacial score (nSPS) is 22.1. The van der Waals surface area contributed by atoms with Crippen LogP contribution in [0.4, 0.5) is 10.1 Å². The minimum atomic E-state index is -0.616. The minimum absolute atomic E-state index is 0.209. The highest BCUT2D eigenvalue weighted by molar-refractivity contribution is 5.50. The standard InChI is InChI=1S/C16H24FNO/c1-3-14-7-5-4-6-10-18(14)16-9-8-13(12(2)19)11-15(16)17/h8-9,11-12,14,19H,3-7,10H2,1-2H3/t12-,14?/m0/s1. The Morgan fingerprint density at radius 1 is 1.37 bits per heavy atom. The van der Waals surface area contributed by atoms with Crippen LogP contribution in [0.1, 0.15) is 57.6 Å². The van der Waals surface area contributed by atoms with Crippen molar-refractivity contribution in [3.63, 3.8) is 0 Å². The second-order valence-electron chi connectivity index (χ2n) is 5.49. The van der Waals surface area contributed by atoms with Gasteiger partial charge >= 0.3 is 0 Å². The number of rotatable bonds is 3. The van der Waals surface area contributed by atoms with Crippen molar-refractivity contribution in [1.29, 1.82) is 0 Å². The molecule has 0 bridgehead atoms. The molecule has 2 atom stereocenters. The molecule has 2 nitrogen and oxygen atoms in total. The van der Waals surface area contributed by atoms with E-state index >= 15 is 0 Å². The topological polar surface area (TPSA) is 23.5 Å². The molecule has 0 saturated carbocycles. The molecular weight excluding hydrogens is 241 g/mol. The van der Waals surface area contributed by atoms with Gasteiger partial charge in [-0.1, -0.05) is 25.8 Å². The van der Waals surface area contributed by atoms with E-state index in [4.69, 9.17) is 0 Å². The average Bonchev–Trinajstić information content (AvgIpc) is 2.63. The Kier molecular flexibility index (Phi) is 4.81. The third kappa shape index (κ3) is 3.27. The third-order valence-electron chi connectivity index (χ3n) is 4.11. The number of anilines is 1. The summed E-state index contributed by atoms with van der Waals surface area (Å²) in [6, 6.07) is 5.57. The van der Waals surface area contributed by atoms with Crippen molar-refractivity contribution in [3.05, 3.63) is 29.6 Å². The molecule has 1 saturated heterocycles. The van der Waals surface area contributed by atoms with E-state index in [0.29, 0.717) is 17.3 Å². The van der Waals surface area contributed by atoms with Gasteiger partial charge in [0, 0.05) is 12.6 Å². The molecule has 19 heavy (non-hydrogen) atoms. The SMILES string of the molecule is CCC1CCCCCN1c1ccc([C@H](C)O)cc1F. The van der Waals surface area contributed by atoms with Crippen LogP contribution < -0.4 is 4.90 Å². The Balaban J connectivity index is 2.28. The molecule has 1 N–H and O–H groups in total. The summed E-state index contributed by atoms with van der Waals surface area (Å²) >= 11 is 0. The predicted molar refractivity (Wildman–Crippen MR) is 76.9 cm³/mol. The monoisotopic (exact) mass is 265 g/mol. The molecule has 2 rings (SSSR count). The zero-order chi connectivity index (χ0) is 13.8. The van der Waals surface area contributed by atoms with Gasteiger partial charge in [-0.3, -0.25) is 0 Å². The molecule has 0 spiro atoms. The van der Waals surface area contributed by atoms with Crippen molar-refractivity contribution in [3.8, 4) is 0 Å². The molecule has 1 aliphatic heterocycles. The highest BCUT2D eigenvalue weighted by Gasteiger charge is 2.22. The van der Waals surface area contributed by atoms with Gasteiger partial charge in [-0.25, -0.2) is 4.39 Å². The summed E-state index contributed by atoms with van der Waals surface area (Å²) in [5.74, 6) is -0.209. The highest BCUT2D eigenvalue weighted by Crippen LogP contribution is 2.29. The van der Waals surface area contributed by atoms with Crippen molar-refractivity contribution in [2.75, 3.05) is 11.4 Å². The Hall–Kier alpha value is -1.09. The molecule has 1 aliphatic rings. The summed E-state index contributed by atoms with van der Waals surface area (Å²) < 4.78 is 14.3. The second-order valence-corrected chi connectivity index (χ2v) is 5.49. The first-order valence-corrected chi connectivity index (χ1v) is 7.37.